The smallest absolute Gasteiger partial charge is 0.125 e. The SMILES string of the molecule is [2H]c1nc(C(=[CH-])C2c3ccccc3OC2C=C)c([2H])c([2H])c1[2H].[Ir].[c-]1ccccc1-c1ccccn1. The maximum atomic E-state index is 8.01. The molecule has 3 heterocycles. The van der Waals surface area contributed by atoms with Crippen molar-refractivity contribution in [3.8, 4) is 17.0 Å². The van der Waals surface area contributed by atoms with Crippen LogP contribution in [0.5, 0.6) is 5.75 Å². The van der Waals surface area contributed by atoms with Crippen LogP contribution in [-0.4, -0.2) is 16.1 Å². The first-order chi connectivity index (χ1) is 16.9. The molecule has 0 N–H and O–H groups in total. The minimum absolute atomic E-state index is 0. The van der Waals surface area contributed by atoms with Gasteiger partial charge in [-0.2, -0.15) is 5.57 Å². The van der Waals surface area contributed by atoms with Gasteiger partial charge in [-0.05, 0) is 23.9 Å². The molecule has 161 valence electrons. The number of pyridine rings is 2. The van der Waals surface area contributed by atoms with Gasteiger partial charge in [-0.3, -0.25) is 6.58 Å². The zero-order valence-electron chi connectivity index (χ0n) is 21.1. The van der Waals surface area contributed by atoms with Crippen LogP contribution in [0, 0.1) is 12.6 Å². The molecule has 0 saturated heterocycles. The molecule has 0 spiro atoms. The number of benzene rings is 2. The molecule has 5 rings (SSSR count). The van der Waals surface area contributed by atoms with Gasteiger partial charge in [0, 0.05) is 45.3 Å². The summed E-state index contributed by atoms with van der Waals surface area (Å²) in [6, 6.07) is 23.2. The minimum atomic E-state index is -0.410. The summed E-state index contributed by atoms with van der Waals surface area (Å²) in [6.45, 7) is 10.0. The van der Waals surface area contributed by atoms with Crippen molar-refractivity contribution < 1.29 is 30.3 Å². The van der Waals surface area contributed by atoms with Gasteiger partial charge in [0.05, 0.1) is 4.11 Å². The van der Waals surface area contributed by atoms with Crippen LogP contribution in [0.1, 0.15) is 22.7 Å². The van der Waals surface area contributed by atoms with Crippen molar-refractivity contribution in [1.82, 2.24) is 9.97 Å². The van der Waals surface area contributed by atoms with Gasteiger partial charge in [-0.15, -0.1) is 41.9 Å². The third kappa shape index (κ3) is 5.28. The second-order valence-corrected chi connectivity index (χ2v) is 6.73. The number of fused-ring (bicyclic) bond motifs is 1. The topological polar surface area (TPSA) is 35.0 Å². The Morgan fingerprint density at radius 3 is 2.62 bits per heavy atom. The van der Waals surface area contributed by atoms with E-state index in [1.165, 1.54) is 0 Å². The quantitative estimate of drug-likeness (QED) is 0.208. The molecule has 2 atom stereocenters. The van der Waals surface area contributed by atoms with E-state index in [1.807, 2.05) is 66.7 Å². The molecule has 3 nitrogen and oxygen atoms in total. The first kappa shape index (κ1) is 18.3. The first-order valence-corrected chi connectivity index (χ1v) is 9.75. The van der Waals surface area contributed by atoms with Crippen LogP contribution in [0.4, 0.5) is 0 Å². The molecule has 0 bridgehead atoms. The fourth-order valence-corrected chi connectivity index (χ4v) is 3.35. The van der Waals surface area contributed by atoms with E-state index in [0.717, 1.165) is 16.8 Å². The summed E-state index contributed by atoms with van der Waals surface area (Å²) in [5, 5.41) is 0. The third-order valence-corrected chi connectivity index (χ3v) is 4.80. The standard InChI is InChI=1S/C17H14NO.C11H8N.Ir/c1-3-15-17(12(2)14-9-6-7-11-18-14)13-8-4-5-10-16(13)19-15;1-2-6-10(7-3-1)11-8-4-5-9-12-11;/h2-11,15,17H,1H2;1-6,8-9H;/q2*-1;/i6D,7D,9D,11D;;. The largest absolute Gasteiger partial charge is 0.485 e. The summed E-state index contributed by atoms with van der Waals surface area (Å²) < 4.78 is 36.8. The van der Waals surface area contributed by atoms with Gasteiger partial charge >= 0.3 is 0 Å². The zero-order valence-corrected chi connectivity index (χ0v) is 19.5. The second kappa shape index (κ2) is 11.3. The number of nitrogens with zero attached hydrogens (tertiary/aromatic N) is 2. The van der Waals surface area contributed by atoms with Crippen LogP contribution in [-0.2, 0) is 20.1 Å². The van der Waals surface area contributed by atoms with Crippen molar-refractivity contribution in [3.63, 3.8) is 0 Å². The van der Waals surface area contributed by atoms with Crippen molar-refractivity contribution in [2.75, 3.05) is 0 Å². The molecule has 2 aromatic carbocycles. The maximum Gasteiger partial charge on any atom is 0.125 e. The molecule has 2 unspecified atom stereocenters. The molecule has 0 aliphatic carbocycles. The number of hydrogen-bond donors (Lipinski definition) is 0. The summed E-state index contributed by atoms with van der Waals surface area (Å²) in [4.78, 5) is 8.16. The van der Waals surface area contributed by atoms with E-state index in [4.69, 9.17) is 16.8 Å². The van der Waals surface area contributed by atoms with Crippen LogP contribution >= 0.6 is 0 Å². The summed E-state index contributed by atoms with van der Waals surface area (Å²) in [5.74, 6) is 0.293. The molecule has 4 aromatic rings. The van der Waals surface area contributed by atoms with Gasteiger partial charge in [-0.1, -0.05) is 54.7 Å². The Kier molecular flexibility index (Phi) is 6.47. The Morgan fingerprint density at radius 2 is 1.88 bits per heavy atom. The summed E-state index contributed by atoms with van der Waals surface area (Å²) in [5.41, 5.74) is 3.15. The van der Waals surface area contributed by atoms with E-state index >= 15 is 0 Å². The normalized spacial score (nSPS) is 17.5. The number of ether oxygens (including phenoxy) is 1. The monoisotopic (exact) mass is 599 g/mol. The van der Waals surface area contributed by atoms with Gasteiger partial charge in [0.25, 0.3) is 0 Å². The first-order valence-electron chi connectivity index (χ1n) is 11.8. The molecule has 0 fully saturated rings. The molecule has 0 saturated carbocycles. The number of rotatable bonds is 4. The molecule has 2 aromatic heterocycles. The van der Waals surface area contributed by atoms with Crippen molar-refractivity contribution >= 4 is 5.57 Å². The van der Waals surface area contributed by atoms with Gasteiger partial charge in [0.2, 0.25) is 0 Å². The average molecular weight is 599 g/mol. The second-order valence-electron chi connectivity index (χ2n) is 6.73. The Labute approximate surface area is 208 Å². The maximum absolute atomic E-state index is 8.01. The Bertz CT molecular complexity index is 1330. The summed E-state index contributed by atoms with van der Waals surface area (Å²) in [6.07, 6.45) is 2.64. The Hall–Kier alpha value is -3.33. The third-order valence-electron chi connectivity index (χ3n) is 4.80. The van der Waals surface area contributed by atoms with E-state index in [2.05, 4.69) is 22.6 Å². The zero-order chi connectivity index (χ0) is 24.9. The molecule has 32 heavy (non-hydrogen) atoms. The Morgan fingerprint density at radius 1 is 1.06 bits per heavy atom. The van der Waals surface area contributed by atoms with Gasteiger partial charge in [-0.25, -0.2) is 0 Å². The summed E-state index contributed by atoms with van der Waals surface area (Å²) >= 11 is 0. The predicted octanol–water partition coefficient (Wildman–Crippen LogP) is 6.18. The Balaban J connectivity index is 0.000000234. The van der Waals surface area contributed by atoms with E-state index in [1.54, 1.807) is 12.3 Å². The van der Waals surface area contributed by atoms with E-state index in [0.29, 0.717) is 5.75 Å². The molecule has 1 radical (unpaired) electrons. The fraction of sp³-hybridized carbons (Fsp3) is 0.0714. The number of hydrogen-bond acceptors (Lipinski definition) is 3. The van der Waals surface area contributed by atoms with Crippen molar-refractivity contribution in [2.45, 2.75) is 12.0 Å². The van der Waals surface area contributed by atoms with Crippen LogP contribution in [0.25, 0.3) is 16.8 Å². The molecule has 0 amide bonds. The molecular formula is C28H22IrN2O-2. The molecular weight excluding hydrogens is 573 g/mol. The van der Waals surface area contributed by atoms with Gasteiger partial charge < -0.3 is 14.7 Å². The van der Waals surface area contributed by atoms with Crippen molar-refractivity contribution in [1.29, 1.82) is 0 Å². The molecule has 1 aliphatic rings. The van der Waals surface area contributed by atoms with Crippen LogP contribution in [0.2, 0.25) is 0 Å². The molecule has 1 aliphatic heterocycles. The summed E-state index contributed by atoms with van der Waals surface area (Å²) in [7, 11) is 0. The van der Waals surface area contributed by atoms with Crippen LogP contribution in [0.3, 0.4) is 0 Å². The van der Waals surface area contributed by atoms with Crippen LogP contribution < -0.4 is 4.74 Å². The van der Waals surface area contributed by atoms with Gasteiger partial charge in [0.1, 0.15) is 11.9 Å². The predicted molar refractivity (Wildman–Crippen MR) is 124 cm³/mol. The molecule has 4 heteroatoms. The van der Waals surface area contributed by atoms with Crippen molar-refractivity contribution in [2.24, 2.45) is 0 Å². The fourth-order valence-electron chi connectivity index (χ4n) is 3.35. The number of aromatic nitrogens is 2. The van der Waals surface area contributed by atoms with E-state index in [9.17, 15) is 0 Å². The van der Waals surface area contributed by atoms with Crippen molar-refractivity contribution in [3.05, 3.63) is 134 Å². The van der Waals surface area contributed by atoms with E-state index < -0.39 is 12.0 Å². The average Bonchev–Trinajstić information content (AvgIpc) is 3.29. The van der Waals surface area contributed by atoms with E-state index in [-0.39, 0.29) is 55.7 Å². The number of para-hydroxylation sites is 1. The minimum Gasteiger partial charge on any atom is -0.485 e. The van der Waals surface area contributed by atoms with Crippen LogP contribution in [0.15, 0.2) is 110 Å². The van der Waals surface area contributed by atoms with Gasteiger partial charge in [0.15, 0.2) is 0 Å².